The highest BCUT2D eigenvalue weighted by Crippen LogP contribution is 2.26. The Kier molecular flexibility index (Phi) is 5.95. The molecule has 0 radical (unpaired) electrons. The summed E-state index contributed by atoms with van der Waals surface area (Å²) in [6.07, 6.45) is 6.86. The van der Waals surface area contributed by atoms with Crippen molar-refractivity contribution >= 4 is 5.91 Å². The van der Waals surface area contributed by atoms with Crippen LogP contribution in [-0.4, -0.2) is 47.7 Å². The van der Waals surface area contributed by atoms with Crippen LogP contribution in [0, 0.1) is 0 Å². The fourth-order valence-electron chi connectivity index (χ4n) is 3.84. The second kappa shape index (κ2) is 8.96. The molecule has 3 aromatic rings. The number of carbonyl (C=O) groups excluding carboxylic acids is 1. The summed E-state index contributed by atoms with van der Waals surface area (Å²) in [6, 6.07) is 11.4. The van der Waals surface area contributed by atoms with Gasteiger partial charge < -0.3 is 14.5 Å². The van der Waals surface area contributed by atoms with Crippen LogP contribution in [-0.2, 0) is 0 Å². The lowest BCUT2D eigenvalue weighted by molar-refractivity contribution is 0.0915. The monoisotopic (exact) mass is 394 g/mol. The second-order valence-electron chi connectivity index (χ2n) is 7.23. The van der Waals surface area contributed by atoms with Crippen molar-refractivity contribution < 1.29 is 13.9 Å². The fraction of sp³-hybridized carbons (Fsp3) is 0.364. The van der Waals surface area contributed by atoms with Gasteiger partial charge in [0.25, 0.3) is 5.91 Å². The minimum absolute atomic E-state index is 0.0330. The van der Waals surface area contributed by atoms with Crippen LogP contribution >= 0.6 is 0 Å². The summed E-state index contributed by atoms with van der Waals surface area (Å²) in [4.78, 5) is 15.3. The Morgan fingerprint density at radius 2 is 2.03 bits per heavy atom. The maximum atomic E-state index is 12.9. The van der Waals surface area contributed by atoms with E-state index >= 15 is 0 Å². The first-order valence-corrected chi connectivity index (χ1v) is 9.99. The van der Waals surface area contributed by atoms with E-state index in [4.69, 9.17) is 9.15 Å². The predicted molar refractivity (Wildman–Crippen MR) is 110 cm³/mol. The number of carbonyl (C=O) groups is 1. The van der Waals surface area contributed by atoms with Crippen molar-refractivity contribution in [3.8, 4) is 17.0 Å². The first-order chi connectivity index (χ1) is 14.3. The molecule has 7 nitrogen and oxygen atoms in total. The molecule has 0 spiro atoms. The number of rotatable bonds is 7. The number of piperidine rings is 1. The molecule has 1 aromatic carbocycles. The number of methoxy groups -OCH3 is 1. The van der Waals surface area contributed by atoms with Crippen molar-refractivity contribution in [2.75, 3.05) is 26.7 Å². The molecular weight excluding hydrogens is 368 g/mol. The molecule has 1 saturated heterocycles. The van der Waals surface area contributed by atoms with Gasteiger partial charge in [-0.25, -0.2) is 0 Å². The standard InChI is InChI=1S/C22H26N4O3/c1-28-17-9-7-16(8-10-17)21-18(14-24-25-21)22(27)23-15-19(20-6-5-13-29-20)26-11-3-2-4-12-26/h5-10,13-14,19H,2-4,11-12,15H2,1H3,(H,23,27)(H,24,25). The van der Waals surface area contributed by atoms with Gasteiger partial charge in [0.2, 0.25) is 0 Å². The summed E-state index contributed by atoms with van der Waals surface area (Å²) in [5, 5.41) is 10.1. The molecule has 0 aliphatic carbocycles. The van der Waals surface area contributed by atoms with Crippen molar-refractivity contribution in [2.45, 2.75) is 25.3 Å². The van der Waals surface area contributed by atoms with Crippen LogP contribution in [0.2, 0.25) is 0 Å². The van der Waals surface area contributed by atoms with E-state index in [1.165, 1.54) is 19.3 Å². The number of ether oxygens (including phenoxy) is 1. The molecule has 1 atom stereocenters. The molecule has 2 aromatic heterocycles. The van der Waals surface area contributed by atoms with Crippen LogP contribution in [0.4, 0.5) is 0 Å². The molecule has 152 valence electrons. The number of aromatic nitrogens is 2. The average Bonchev–Trinajstić information content (AvgIpc) is 3.47. The van der Waals surface area contributed by atoms with E-state index in [-0.39, 0.29) is 11.9 Å². The van der Waals surface area contributed by atoms with Crippen molar-refractivity contribution in [2.24, 2.45) is 0 Å². The fourth-order valence-corrected chi connectivity index (χ4v) is 3.84. The van der Waals surface area contributed by atoms with Crippen LogP contribution in [0.15, 0.2) is 53.3 Å². The van der Waals surface area contributed by atoms with Gasteiger partial charge in [-0.2, -0.15) is 5.10 Å². The molecule has 0 bridgehead atoms. The third-order valence-electron chi connectivity index (χ3n) is 5.42. The molecule has 0 saturated carbocycles. The highest BCUT2D eigenvalue weighted by atomic mass is 16.5. The van der Waals surface area contributed by atoms with Crippen molar-refractivity contribution in [3.05, 3.63) is 60.2 Å². The van der Waals surface area contributed by atoms with Gasteiger partial charge in [0.1, 0.15) is 11.5 Å². The van der Waals surface area contributed by atoms with Gasteiger partial charge in [0.05, 0.1) is 36.9 Å². The molecule has 7 heteroatoms. The Balaban J connectivity index is 1.48. The zero-order valence-electron chi connectivity index (χ0n) is 16.6. The highest BCUT2D eigenvalue weighted by molar-refractivity contribution is 5.99. The molecule has 1 amide bonds. The maximum Gasteiger partial charge on any atom is 0.255 e. The predicted octanol–water partition coefficient (Wildman–Crippen LogP) is 3.64. The molecule has 3 heterocycles. The first-order valence-electron chi connectivity index (χ1n) is 9.99. The summed E-state index contributed by atoms with van der Waals surface area (Å²) >= 11 is 0. The second-order valence-corrected chi connectivity index (χ2v) is 7.23. The first kappa shape index (κ1) is 19.3. The van der Waals surface area contributed by atoms with Gasteiger partial charge in [-0.05, 0) is 62.3 Å². The van der Waals surface area contributed by atoms with E-state index in [1.54, 1.807) is 19.6 Å². The number of amides is 1. The lowest BCUT2D eigenvalue weighted by Gasteiger charge is -2.33. The Morgan fingerprint density at radius 1 is 1.24 bits per heavy atom. The summed E-state index contributed by atoms with van der Waals surface area (Å²) in [6.45, 7) is 2.52. The topological polar surface area (TPSA) is 83.4 Å². The largest absolute Gasteiger partial charge is 0.497 e. The zero-order valence-corrected chi connectivity index (χ0v) is 16.6. The van der Waals surface area contributed by atoms with Crippen LogP contribution in [0.1, 0.15) is 41.4 Å². The Morgan fingerprint density at radius 3 is 2.72 bits per heavy atom. The number of hydrogen-bond donors (Lipinski definition) is 2. The van der Waals surface area contributed by atoms with Crippen LogP contribution < -0.4 is 10.1 Å². The van der Waals surface area contributed by atoms with E-state index in [0.717, 1.165) is 30.2 Å². The van der Waals surface area contributed by atoms with Crippen LogP contribution in [0.5, 0.6) is 5.75 Å². The number of likely N-dealkylation sites (tertiary alicyclic amines) is 1. The number of furan rings is 1. The SMILES string of the molecule is COc1ccc(-c2[nH]ncc2C(=O)NCC(c2ccco2)N2CCCCC2)cc1. The Bertz CT molecular complexity index is 912. The van der Waals surface area contributed by atoms with Crippen molar-refractivity contribution in [1.29, 1.82) is 0 Å². The van der Waals surface area contributed by atoms with E-state index in [1.807, 2.05) is 36.4 Å². The molecule has 4 rings (SSSR count). The van der Waals surface area contributed by atoms with Crippen LogP contribution in [0.25, 0.3) is 11.3 Å². The minimum Gasteiger partial charge on any atom is -0.497 e. The molecule has 1 unspecified atom stereocenters. The lowest BCUT2D eigenvalue weighted by Crippen LogP contribution is -2.40. The number of aromatic amines is 1. The molecular formula is C22H26N4O3. The van der Waals surface area contributed by atoms with Gasteiger partial charge in [-0.1, -0.05) is 6.42 Å². The van der Waals surface area contributed by atoms with E-state index < -0.39 is 0 Å². The van der Waals surface area contributed by atoms with E-state index in [9.17, 15) is 4.79 Å². The molecule has 29 heavy (non-hydrogen) atoms. The summed E-state index contributed by atoms with van der Waals surface area (Å²) in [5.41, 5.74) is 2.09. The van der Waals surface area contributed by atoms with Gasteiger partial charge >= 0.3 is 0 Å². The van der Waals surface area contributed by atoms with E-state index in [0.29, 0.717) is 17.8 Å². The minimum atomic E-state index is -0.155. The number of nitrogens with zero attached hydrogens (tertiary/aromatic N) is 2. The summed E-state index contributed by atoms with van der Waals surface area (Å²) in [7, 11) is 1.63. The van der Waals surface area contributed by atoms with Gasteiger partial charge in [0.15, 0.2) is 0 Å². The smallest absolute Gasteiger partial charge is 0.255 e. The highest BCUT2D eigenvalue weighted by Gasteiger charge is 2.25. The quantitative estimate of drug-likeness (QED) is 0.639. The van der Waals surface area contributed by atoms with Gasteiger partial charge in [0, 0.05) is 12.1 Å². The van der Waals surface area contributed by atoms with Gasteiger partial charge in [-0.3, -0.25) is 14.8 Å². The number of H-pyrrole nitrogens is 1. The van der Waals surface area contributed by atoms with Crippen molar-refractivity contribution in [3.63, 3.8) is 0 Å². The maximum absolute atomic E-state index is 12.9. The summed E-state index contributed by atoms with van der Waals surface area (Å²) in [5.74, 6) is 1.50. The van der Waals surface area contributed by atoms with Crippen molar-refractivity contribution in [1.82, 2.24) is 20.4 Å². The number of hydrogen-bond acceptors (Lipinski definition) is 5. The molecule has 1 aliphatic heterocycles. The Labute approximate surface area is 170 Å². The lowest BCUT2D eigenvalue weighted by atomic mass is 10.1. The molecule has 1 aliphatic rings. The zero-order chi connectivity index (χ0) is 20.1. The average molecular weight is 394 g/mol. The van der Waals surface area contributed by atoms with Gasteiger partial charge in [-0.15, -0.1) is 0 Å². The molecule has 2 N–H and O–H groups in total. The Hall–Kier alpha value is -3.06. The summed E-state index contributed by atoms with van der Waals surface area (Å²) < 4.78 is 10.9. The number of nitrogens with one attached hydrogen (secondary N) is 2. The van der Waals surface area contributed by atoms with E-state index in [2.05, 4.69) is 20.4 Å². The molecule has 1 fully saturated rings. The van der Waals surface area contributed by atoms with Crippen LogP contribution in [0.3, 0.4) is 0 Å². The normalized spacial score (nSPS) is 15.8. The third-order valence-corrected chi connectivity index (χ3v) is 5.42. The third kappa shape index (κ3) is 4.35. The number of benzene rings is 1.